The first-order valence-electron chi connectivity index (χ1n) is 9.58. The average molecular weight is 383 g/mol. The Bertz CT molecular complexity index is 818. The largest absolute Gasteiger partial charge is 0.393 e. The number of nitro benzene ring substituents is 1. The zero-order valence-corrected chi connectivity index (χ0v) is 15.6. The minimum Gasteiger partial charge on any atom is -0.393 e. The Morgan fingerprint density at radius 1 is 1.11 bits per heavy atom. The van der Waals surface area contributed by atoms with Gasteiger partial charge in [0.15, 0.2) is 0 Å². The summed E-state index contributed by atoms with van der Waals surface area (Å²) in [5, 5.41) is 27.0. The molecule has 0 bridgehead atoms. The topological polar surface area (TPSA) is 104 Å². The molecule has 0 unspecified atom stereocenters. The van der Waals surface area contributed by atoms with E-state index in [9.17, 15) is 20.0 Å². The normalized spacial score (nSPS) is 19.0. The third-order valence-electron chi connectivity index (χ3n) is 5.06. The highest BCUT2D eigenvalue weighted by molar-refractivity contribution is 6.00. The summed E-state index contributed by atoms with van der Waals surface area (Å²) < 4.78 is 0. The van der Waals surface area contributed by atoms with Crippen LogP contribution in [-0.2, 0) is 6.42 Å². The van der Waals surface area contributed by atoms with Gasteiger partial charge in [-0.15, -0.1) is 0 Å². The molecule has 0 saturated heterocycles. The van der Waals surface area contributed by atoms with Gasteiger partial charge in [-0.3, -0.25) is 14.9 Å². The van der Waals surface area contributed by atoms with Gasteiger partial charge < -0.3 is 15.7 Å². The molecule has 7 heteroatoms. The molecule has 2 aromatic carbocycles. The number of carbonyl (C=O) groups is 1. The van der Waals surface area contributed by atoms with E-state index in [1.165, 1.54) is 12.1 Å². The van der Waals surface area contributed by atoms with Crippen molar-refractivity contribution < 1.29 is 14.8 Å². The zero-order valence-electron chi connectivity index (χ0n) is 15.6. The molecule has 0 aliphatic heterocycles. The second-order valence-corrected chi connectivity index (χ2v) is 7.13. The predicted molar refractivity (Wildman–Crippen MR) is 107 cm³/mol. The van der Waals surface area contributed by atoms with Crippen LogP contribution < -0.4 is 10.6 Å². The van der Waals surface area contributed by atoms with Crippen LogP contribution in [0.4, 0.5) is 11.4 Å². The lowest BCUT2D eigenvalue weighted by Gasteiger charge is -2.27. The van der Waals surface area contributed by atoms with Crippen LogP contribution in [-0.4, -0.2) is 34.6 Å². The monoisotopic (exact) mass is 383 g/mol. The van der Waals surface area contributed by atoms with Crippen molar-refractivity contribution in [2.75, 3.05) is 11.9 Å². The molecule has 28 heavy (non-hydrogen) atoms. The minimum absolute atomic E-state index is 0.113. The summed E-state index contributed by atoms with van der Waals surface area (Å²) in [5.41, 5.74) is 1.86. The molecule has 1 aliphatic rings. The summed E-state index contributed by atoms with van der Waals surface area (Å²) in [5.74, 6) is -0.335. The first kappa shape index (κ1) is 19.8. The van der Waals surface area contributed by atoms with Crippen molar-refractivity contribution in [1.29, 1.82) is 0 Å². The molecule has 0 radical (unpaired) electrons. The molecule has 1 aliphatic carbocycles. The van der Waals surface area contributed by atoms with Crippen molar-refractivity contribution in [3.05, 3.63) is 69.8 Å². The Labute approximate surface area is 163 Å². The molecular formula is C21H25N3O4. The number of hydrogen-bond donors (Lipinski definition) is 3. The summed E-state index contributed by atoms with van der Waals surface area (Å²) in [4.78, 5) is 23.3. The summed E-state index contributed by atoms with van der Waals surface area (Å²) in [6.07, 6.45) is 3.44. The van der Waals surface area contributed by atoms with E-state index in [1.54, 1.807) is 6.07 Å². The number of hydrogen-bond acceptors (Lipinski definition) is 5. The highest BCUT2D eigenvalue weighted by Crippen LogP contribution is 2.27. The summed E-state index contributed by atoms with van der Waals surface area (Å²) in [7, 11) is 0. The van der Waals surface area contributed by atoms with Crippen LogP contribution in [0.5, 0.6) is 0 Å². The van der Waals surface area contributed by atoms with E-state index in [1.807, 2.05) is 30.3 Å². The maximum atomic E-state index is 12.7. The van der Waals surface area contributed by atoms with Crippen molar-refractivity contribution >= 4 is 17.3 Å². The predicted octanol–water partition coefficient (Wildman–Crippen LogP) is 3.28. The first-order valence-corrected chi connectivity index (χ1v) is 9.58. The Kier molecular flexibility index (Phi) is 6.60. The van der Waals surface area contributed by atoms with Gasteiger partial charge in [0.2, 0.25) is 0 Å². The van der Waals surface area contributed by atoms with E-state index in [-0.39, 0.29) is 29.3 Å². The van der Waals surface area contributed by atoms with Crippen molar-refractivity contribution in [1.82, 2.24) is 5.32 Å². The summed E-state index contributed by atoms with van der Waals surface area (Å²) in [6.45, 7) is 0.445. The third-order valence-corrected chi connectivity index (χ3v) is 5.06. The molecule has 1 saturated carbocycles. The lowest BCUT2D eigenvalue weighted by Crippen LogP contribution is -2.31. The van der Waals surface area contributed by atoms with Crippen molar-refractivity contribution in [2.24, 2.45) is 0 Å². The number of non-ortho nitro benzene ring substituents is 1. The Morgan fingerprint density at radius 3 is 2.50 bits per heavy atom. The quantitative estimate of drug-likeness (QED) is 0.503. The van der Waals surface area contributed by atoms with E-state index >= 15 is 0 Å². The van der Waals surface area contributed by atoms with E-state index in [2.05, 4.69) is 10.6 Å². The molecule has 3 N–H and O–H groups in total. The Balaban J connectivity index is 1.69. The van der Waals surface area contributed by atoms with Gasteiger partial charge in [0.1, 0.15) is 0 Å². The number of amides is 1. The molecule has 1 fully saturated rings. The van der Waals surface area contributed by atoms with Gasteiger partial charge in [-0.1, -0.05) is 30.3 Å². The van der Waals surface area contributed by atoms with Gasteiger partial charge in [0.05, 0.1) is 16.6 Å². The van der Waals surface area contributed by atoms with E-state index in [4.69, 9.17) is 0 Å². The molecule has 0 aromatic heterocycles. The van der Waals surface area contributed by atoms with Crippen molar-refractivity contribution in [3.63, 3.8) is 0 Å². The summed E-state index contributed by atoms with van der Waals surface area (Å²) >= 11 is 0. The fourth-order valence-electron chi connectivity index (χ4n) is 3.46. The van der Waals surface area contributed by atoms with Crippen molar-refractivity contribution in [3.8, 4) is 0 Å². The van der Waals surface area contributed by atoms with Gasteiger partial charge in [-0.25, -0.2) is 0 Å². The lowest BCUT2D eigenvalue weighted by molar-refractivity contribution is -0.384. The molecule has 2 aromatic rings. The van der Waals surface area contributed by atoms with Crippen LogP contribution in [0.1, 0.15) is 41.6 Å². The van der Waals surface area contributed by atoms with Crippen LogP contribution in [0.25, 0.3) is 0 Å². The average Bonchev–Trinajstić information content (AvgIpc) is 2.70. The highest BCUT2D eigenvalue weighted by Gasteiger charge is 2.22. The number of carbonyl (C=O) groups excluding carboxylic acids is 1. The van der Waals surface area contributed by atoms with E-state index < -0.39 is 4.92 Å². The highest BCUT2D eigenvalue weighted by atomic mass is 16.6. The van der Waals surface area contributed by atoms with E-state index in [0.29, 0.717) is 31.5 Å². The lowest BCUT2D eigenvalue weighted by atomic mass is 9.92. The maximum Gasteiger partial charge on any atom is 0.270 e. The standard InChI is InChI=1S/C21H25N3O4/c25-18-9-6-16(7-10-18)23-20-11-8-17(24(27)28)14-19(20)21(26)22-13-12-15-4-2-1-3-5-15/h1-5,8,11,14,16,18,23,25H,6-7,9-10,12-13H2,(H,22,26). The minimum atomic E-state index is -0.499. The Morgan fingerprint density at radius 2 is 1.82 bits per heavy atom. The number of nitrogens with zero attached hydrogens (tertiary/aromatic N) is 1. The van der Waals surface area contributed by atoms with Gasteiger partial charge in [0, 0.05) is 30.4 Å². The molecule has 0 atom stereocenters. The molecule has 7 nitrogen and oxygen atoms in total. The molecule has 1 amide bonds. The van der Waals surface area contributed by atoms with E-state index in [0.717, 1.165) is 18.4 Å². The first-order chi connectivity index (χ1) is 13.5. The van der Waals surface area contributed by atoms with Gasteiger partial charge >= 0.3 is 0 Å². The molecule has 0 heterocycles. The second kappa shape index (κ2) is 9.32. The zero-order chi connectivity index (χ0) is 19.9. The second-order valence-electron chi connectivity index (χ2n) is 7.13. The van der Waals surface area contributed by atoms with Crippen LogP contribution in [0.3, 0.4) is 0 Å². The van der Waals surface area contributed by atoms with Crippen LogP contribution >= 0.6 is 0 Å². The van der Waals surface area contributed by atoms with Crippen LogP contribution in [0.15, 0.2) is 48.5 Å². The number of benzene rings is 2. The number of aliphatic hydroxyl groups is 1. The molecule has 0 spiro atoms. The SMILES string of the molecule is O=C(NCCc1ccccc1)c1cc([N+](=O)[O-])ccc1NC1CCC(O)CC1. The third kappa shape index (κ3) is 5.29. The number of aliphatic hydroxyl groups excluding tert-OH is 1. The molecule has 148 valence electrons. The number of rotatable bonds is 7. The molecule has 3 rings (SSSR count). The van der Waals surface area contributed by atoms with Gasteiger partial charge in [0.25, 0.3) is 11.6 Å². The Hall–Kier alpha value is -2.93. The number of nitro groups is 1. The van der Waals surface area contributed by atoms with Gasteiger partial charge in [-0.2, -0.15) is 0 Å². The fraction of sp³-hybridized carbons (Fsp3) is 0.381. The summed E-state index contributed by atoms with van der Waals surface area (Å²) in [6, 6.07) is 14.3. The maximum absolute atomic E-state index is 12.7. The van der Waals surface area contributed by atoms with Gasteiger partial charge in [-0.05, 0) is 43.7 Å². The number of nitrogens with one attached hydrogen (secondary N) is 2. The fourth-order valence-corrected chi connectivity index (χ4v) is 3.46. The smallest absolute Gasteiger partial charge is 0.270 e. The van der Waals surface area contributed by atoms with Crippen LogP contribution in [0, 0.1) is 10.1 Å². The molecular weight excluding hydrogens is 358 g/mol. The number of anilines is 1. The van der Waals surface area contributed by atoms with Crippen LogP contribution in [0.2, 0.25) is 0 Å². The van der Waals surface area contributed by atoms with Crippen molar-refractivity contribution in [2.45, 2.75) is 44.2 Å².